The van der Waals surface area contributed by atoms with Crippen LogP contribution in [0.3, 0.4) is 0 Å². The normalized spacial score (nSPS) is 17.8. The number of aromatic nitrogens is 1. The van der Waals surface area contributed by atoms with E-state index in [4.69, 9.17) is 16.3 Å². The lowest BCUT2D eigenvalue weighted by molar-refractivity contribution is 0.243. The summed E-state index contributed by atoms with van der Waals surface area (Å²) in [5.74, 6) is 0.599. The number of anilines is 2. The molecule has 1 aliphatic rings. The quantitative estimate of drug-likeness (QED) is 0.396. The van der Waals surface area contributed by atoms with Gasteiger partial charge in [0.05, 0.1) is 19.6 Å². The molecule has 196 valence electrons. The highest BCUT2D eigenvalue weighted by atomic mass is 35.5. The highest BCUT2D eigenvalue weighted by Crippen LogP contribution is 2.30. The van der Waals surface area contributed by atoms with E-state index in [2.05, 4.69) is 25.2 Å². The Balaban J connectivity index is 1.48. The second-order valence-corrected chi connectivity index (χ2v) is 11.2. The summed E-state index contributed by atoms with van der Waals surface area (Å²) in [7, 11) is -1.66. The highest BCUT2D eigenvalue weighted by Gasteiger charge is 2.33. The van der Waals surface area contributed by atoms with Gasteiger partial charge in [-0.1, -0.05) is 23.7 Å². The molecule has 0 bridgehead atoms. The predicted octanol–water partition coefficient (Wildman–Crippen LogP) is 3.98. The van der Waals surface area contributed by atoms with E-state index >= 15 is 0 Å². The smallest absolute Gasteiger partial charge is 0.319 e. The van der Waals surface area contributed by atoms with Crippen LogP contribution in [0, 0.1) is 0 Å². The molecule has 2 heterocycles. The third-order valence-electron chi connectivity index (χ3n) is 6.25. The first-order valence-corrected chi connectivity index (χ1v) is 14.1. The van der Waals surface area contributed by atoms with Gasteiger partial charge in [-0.05, 0) is 60.5 Å². The summed E-state index contributed by atoms with van der Waals surface area (Å²) in [6.45, 7) is 1.62. The van der Waals surface area contributed by atoms with Crippen molar-refractivity contribution in [3.63, 3.8) is 0 Å². The van der Waals surface area contributed by atoms with E-state index in [9.17, 15) is 13.2 Å². The monoisotopic (exact) mass is 543 g/mol. The van der Waals surface area contributed by atoms with E-state index in [1.54, 1.807) is 37.6 Å². The van der Waals surface area contributed by atoms with Gasteiger partial charge in [0.15, 0.2) is 0 Å². The fourth-order valence-electron chi connectivity index (χ4n) is 4.30. The second-order valence-electron chi connectivity index (χ2n) is 8.94. The average Bonchev–Trinajstić information content (AvgIpc) is 2.89. The number of pyridine rings is 1. The number of rotatable bonds is 8. The molecular formula is C26H30ClN5O4S. The average molecular weight is 544 g/mol. The number of carbonyl (C=O) groups is 1. The van der Waals surface area contributed by atoms with E-state index in [1.165, 1.54) is 0 Å². The molecule has 1 aromatic heterocycles. The van der Waals surface area contributed by atoms with Crippen LogP contribution < -0.4 is 25.0 Å². The van der Waals surface area contributed by atoms with Crippen molar-refractivity contribution in [2.75, 3.05) is 36.7 Å². The topological polar surface area (TPSA) is 113 Å². The summed E-state index contributed by atoms with van der Waals surface area (Å²) >= 11 is 5.94. The minimum Gasteiger partial charge on any atom is -0.495 e. The first-order chi connectivity index (χ1) is 17.7. The Bertz CT molecular complexity index is 1300. The lowest BCUT2D eigenvalue weighted by Crippen LogP contribution is -2.51. The summed E-state index contributed by atoms with van der Waals surface area (Å²) < 4.78 is 30.5. The molecule has 2 amide bonds. The number of benzene rings is 2. The number of amides is 2. The summed E-state index contributed by atoms with van der Waals surface area (Å²) in [6.07, 6.45) is 3.54. The standard InChI is InChI=1S/C26H30ClN5O4S/c1-36-22-11-12-24(28-16-22)23-17-32(21-9-3-18(4-10-21)15-29-37(2,34)35)14-13-25(23)31-26(33)30-20-7-5-19(27)6-8-20/h3-12,16,23,25,29H,13-15,17H2,1-2H3,(H2,30,31,33). The number of halogens is 1. The van der Waals surface area contributed by atoms with Gasteiger partial charge in [0.25, 0.3) is 0 Å². The van der Waals surface area contributed by atoms with Gasteiger partial charge >= 0.3 is 6.03 Å². The molecule has 37 heavy (non-hydrogen) atoms. The number of urea groups is 1. The molecular weight excluding hydrogens is 514 g/mol. The van der Waals surface area contributed by atoms with Crippen LogP contribution in [0.2, 0.25) is 5.02 Å². The van der Waals surface area contributed by atoms with Crippen molar-refractivity contribution < 1.29 is 17.9 Å². The van der Waals surface area contributed by atoms with Gasteiger partial charge in [0.2, 0.25) is 10.0 Å². The maximum atomic E-state index is 12.8. The molecule has 1 aliphatic heterocycles. The number of hydrogen-bond acceptors (Lipinski definition) is 6. The Hall–Kier alpha value is -3.34. The van der Waals surface area contributed by atoms with E-state index in [-0.39, 0.29) is 24.5 Å². The van der Waals surface area contributed by atoms with Gasteiger partial charge < -0.3 is 20.3 Å². The van der Waals surface area contributed by atoms with Crippen LogP contribution in [-0.4, -0.2) is 51.9 Å². The van der Waals surface area contributed by atoms with Crippen LogP contribution in [-0.2, 0) is 16.6 Å². The highest BCUT2D eigenvalue weighted by molar-refractivity contribution is 7.88. The van der Waals surface area contributed by atoms with Gasteiger partial charge in [-0.25, -0.2) is 17.9 Å². The SMILES string of the molecule is COc1ccc(C2CN(c3ccc(CNS(C)(=O)=O)cc3)CCC2NC(=O)Nc2ccc(Cl)cc2)nc1. The maximum absolute atomic E-state index is 12.8. The molecule has 1 saturated heterocycles. The molecule has 0 saturated carbocycles. The van der Waals surface area contributed by atoms with Crippen LogP contribution >= 0.6 is 11.6 Å². The molecule has 2 unspecified atom stereocenters. The van der Waals surface area contributed by atoms with E-state index < -0.39 is 10.0 Å². The maximum Gasteiger partial charge on any atom is 0.319 e. The number of piperidine rings is 1. The molecule has 3 N–H and O–H groups in total. The van der Waals surface area contributed by atoms with E-state index in [1.807, 2.05) is 36.4 Å². The number of nitrogens with one attached hydrogen (secondary N) is 3. The molecule has 2 atom stereocenters. The molecule has 0 radical (unpaired) electrons. The second kappa shape index (κ2) is 11.8. The van der Waals surface area contributed by atoms with Gasteiger partial charge in [-0.15, -0.1) is 0 Å². The van der Waals surface area contributed by atoms with Crippen molar-refractivity contribution in [2.45, 2.75) is 24.9 Å². The van der Waals surface area contributed by atoms with Gasteiger partial charge in [0.1, 0.15) is 5.75 Å². The first-order valence-electron chi connectivity index (χ1n) is 11.8. The lowest BCUT2D eigenvalue weighted by Gasteiger charge is -2.40. The van der Waals surface area contributed by atoms with E-state index in [0.717, 1.165) is 29.7 Å². The minimum atomic E-state index is -3.26. The third kappa shape index (κ3) is 7.58. The lowest BCUT2D eigenvalue weighted by atomic mass is 9.88. The molecule has 0 aliphatic carbocycles. The Labute approximate surface area is 222 Å². The summed E-state index contributed by atoms with van der Waals surface area (Å²) in [6, 6.07) is 18.1. The third-order valence-corrected chi connectivity index (χ3v) is 7.17. The molecule has 3 aromatic rings. The predicted molar refractivity (Wildman–Crippen MR) is 146 cm³/mol. The van der Waals surface area contributed by atoms with Crippen molar-refractivity contribution >= 4 is 39.0 Å². The molecule has 11 heteroatoms. The molecule has 0 spiro atoms. The fourth-order valence-corrected chi connectivity index (χ4v) is 4.85. The largest absolute Gasteiger partial charge is 0.495 e. The Kier molecular flexibility index (Phi) is 8.52. The number of hydrogen-bond donors (Lipinski definition) is 3. The van der Waals surface area contributed by atoms with Crippen LogP contribution in [0.25, 0.3) is 0 Å². The number of carbonyl (C=O) groups excluding carboxylic acids is 1. The number of ether oxygens (including phenoxy) is 1. The van der Waals surface area contributed by atoms with Crippen LogP contribution in [0.5, 0.6) is 5.75 Å². The van der Waals surface area contributed by atoms with Crippen molar-refractivity contribution in [1.29, 1.82) is 0 Å². The summed E-state index contributed by atoms with van der Waals surface area (Å²) in [4.78, 5) is 19.7. The fraction of sp³-hybridized carbons (Fsp3) is 0.308. The van der Waals surface area contributed by atoms with Crippen molar-refractivity contribution in [3.05, 3.63) is 83.1 Å². The Morgan fingerprint density at radius 1 is 1.11 bits per heavy atom. The number of sulfonamides is 1. The van der Waals surface area contributed by atoms with Crippen molar-refractivity contribution in [1.82, 2.24) is 15.0 Å². The first kappa shape index (κ1) is 26.7. The molecule has 2 aromatic carbocycles. The summed E-state index contributed by atoms with van der Waals surface area (Å²) in [5, 5.41) is 6.59. The zero-order valence-electron chi connectivity index (χ0n) is 20.6. The molecule has 1 fully saturated rings. The van der Waals surface area contributed by atoms with Gasteiger partial charge in [-0.3, -0.25) is 4.98 Å². The minimum absolute atomic E-state index is 0.0674. The summed E-state index contributed by atoms with van der Waals surface area (Å²) in [5.41, 5.74) is 3.41. The Morgan fingerprint density at radius 3 is 2.46 bits per heavy atom. The van der Waals surface area contributed by atoms with Gasteiger partial charge in [-0.2, -0.15) is 0 Å². The van der Waals surface area contributed by atoms with E-state index in [0.29, 0.717) is 29.4 Å². The van der Waals surface area contributed by atoms with Crippen molar-refractivity contribution in [2.24, 2.45) is 0 Å². The van der Waals surface area contributed by atoms with Gasteiger partial charge in [0, 0.05) is 53.7 Å². The Morgan fingerprint density at radius 2 is 1.84 bits per heavy atom. The number of methoxy groups -OCH3 is 1. The zero-order valence-corrected chi connectivity index (χ0v) is 22.2. The van der Waals surface area contributed by atoms with Crippen molar-refractivity contribution in [3.8, 4) is 5.75 Å². The number of nitrogens with zero attached hydrogens (tertiary/aromatic N) is 2. The van der Waals surface area contributed by atoms with Crippen LogP contribution in [0.4, 0.5) is 16.2 Å². The zero-order chi connectivity index (χ0) is 26.4. The van der Waals surface area contributed by atoms with Crippen LogP contribution in [0.1, 0.15) is 23.6 Å². The molecule has 9 nitrogen and oxygen atoms in total. The van der Waals surface area contributed by atoms with Crippen LogP contribution in [0.15, 0.2) is 66.9 Å². The molecule has 4 rings (SSSR count).